The van der Waals surface area contributed by atoms with Crippen LogP contribution in [0.15, 0.2) is 30.5 Å². The third-order valence-corrected chi connectivity index (χ3v) is 4.77. The van der Waals surface area contributed by atoms with Gasteiger partial charge < -0.3 is 20.3 Å². The summed E-state index contributed by atoms with van der Waals surface area (Å²) in [5.74, 6) is 0. The van der Waals surface area contributed by atoms with Gasteiger partial charge in [0.2, 0.25) is 0 Å². The smallest absolute Gasteiger partial charge is 0.315 e. The Bertz CT molecular complexity index is 665. The molecule has 6 nitrogen and oxygen atoms in total. The number of urea groups is 1. The number of aryl methyl sites for hydroxylation is 1. The Morgan fingerprint density at radius 3 is 2.58 bits per heavy atom. The summed E-state index contributed by atoms with van der Waals surface area (Å²) in [6.45, 7) is 6.39. The van der Waals surface area contributed by atoms with Gasteiger partial charge in [0, 0.05) is 36.4 Å². The summed E-state index contributed by atoms with van der Waals surface area (Å²) in [4.78, 5) is 19.4. The van der Waals surface area contributed by atoms with Crippen molar-refractivity contribution < 1.29 is 9.53 Å². The van der Waals surface area contributed by atoms with Gasteiger partial charge in [-0.25, -0.2) is 9.78 Å². The summed E-state index contributed by atoms with van der Waals surface area (Å²) in [7, 11) is 0. The van der Waals surface area contributed by atoms with Crippen LogP contribution in [0.2, 0.25) is 0 Å². The highest BCUT2D eigenvalue weighted by Crippen LogP contribution is 2.16. The van der Waals surface area contributed by atoms with Crippen molar-refractivity contribution in [2.24, 2.45) is 0 Å². The van der Waals surface area contributed by atoms with E-state index >= 15 is 0 Å². The second-order valence-corrected chi connectivity index (χ2v) is 6.97. The minimum absolute atomic E-state index is 0.168. The van der Waals surface area contributed by atoms with Crippen molar-refractivity contribution >= 4 is 23.1 Å². The van der Waals surface area contributed by atoms with Crippen LogP contribution in [0.25, 0.3) is 0 Å². The molecule has 2 aromatic rings. The SMILES string of the molecule is Cc1ncc(CNC(=O)NCc2ccc(N3CCOCC3)cc2)s1. The summed E-state index contributed by atoms with van der Waals surface area (Å²) in [6.07, 6.45) is 1.80. The summed E-state index contributed by atoms with van der Waals surface area (Å²) in [6, 6.07) is 8.13. The monoisotopic (exact) mass is 346 g/mol. The lowest BCUT2D eigenvalue weighted by Crippen LogP contribution is -2.36. The minimum Gasteiger partial charge on any atom is -0.378 e. The van der Waals surface area contributed by atoms with E-state index in [9.17, 15) is 4.79 Å². The summed E-state index contributed by atoms with van der Waals surface area (Å²) in [5.41, 5.74) is 2.28. The first-order chi connectivity index (χ1) is 11.7. The lowest BCUT2D eigenvalue weighted by atomic mass is 10.2. The number of benzene rings is 1. The molecule has 24 heavy (non-hydrogen) atoms. The third-order valence-electron chi connectivity index (χ3n) is 3.86. The first-order valence-electron chi connectivity index (χ1n) is 8.05. The van der Waals surface area contributed by atoms with Gasteiger partial charge >= 0.3 is 6.03 Å². The van der Waals surface area contributed by atoms with E-state index in [1.165, 1.54) is 5.69 Å². The number of nitrogens with zero attached hydrogens (tertiary/aromatic N) is 2. The predicted molar refractivity (Wildman–Crippen MR) is 95.4 cm³/mol. The van der Waals surface area contributed by atoms with E-state index in [1.54, 1.807) is 17.5 Å². The van der Waals surface area contributed by atoms with E-state index in [1.807, 2.05) is 6.92 Å². The Morgan fingerprint density at radius 2 is 1.92 bits per heavy atom. The maximum Gasteiger partial charge on any atom is 0.315 e. The van der Waals surface area contributed by atoms with E-state index in [2.05, 4.69) is 44.8 Å². The van der Waals surface area contributed by atoms with Crippen LogP contribution in [0, 0.1) is 6.92 Å². The van der Waals surface area contributed by atoms with Gasteiger partial charge in [-0.3, -0.25) is 0 Å². The maximum atomic E-state index is 11.9. The number of carbonyl (C=O) groups is 1. The fraction of sp³-hybridized carbons (Fsp3) is 0.412. The van der Waals surface area contributed by atoms with Crippen LogP contribution >= 0.6 is 11.3 Å². The number of hydrogen-bond donors (Lipinski definition) is 2. The number of hydrogen-bond acceptors (Lipinski definition) is 5. The average Bonchev–Trinajstić information content (AvgIpc) is 3.05. The Balaban J connectivity index is 1.43. The molecule has 0 radical (unpaired) electrons. The topological polar surface area (TPSA) is 66.5 Å². The second kappa shape index (κ2) is 8.12. The molecule has 1 aliphatic rings. The Hall–Kier alpha value is -2.12. The van der Waals surface area contributed by atoms with Crippen LogP contribution in [0.4, 0.5) is 10.5 Å². The van der Waals surface area contributed by atoms with Crippen molar-refractivity contribution in [3.63, 3.8) is 0 Å². The van der Waals surface area contributed by atoms with Gasteiger partial charge in [-0.05, 0) is 24.6 Å². The molecule has 3 rings (SSSR count). The molecule has 1 aromatic heterocycles. The molecule has 0 aliphatic carbocycles. The number of aromatic nitrogens is 1. The third kappa shape index (κ3) is 4.69. The lowest BCUT2D eigenvalue weighted by molar-refractivity contribution is 0.122. The first-order valence-corrected chi connectivity index (χ1v) is 8.87. The summed E-state index contributed by atoms with van der Waals surface area (Å²) in [5, 5.41) is 6.73. The van der Waals surface area contributed by atoms with Crippen molar-refractivity contribution in [2.45, 2.75) is 20.0 Å². The fourth-order valence-electron chi connectivity index (χ4n) is 2.55. The van der Waals surface area contributed by atoms with E-state index < -0.39 is 0 Å². The molecule has 1 saturated heterocycles. The van der Waals surface area contributed by atoms with Crippen LogP contribution in [-0.4, -0.2) is 37.3 Å². The zero-order chi connectivity index (χ0) is 16.8. The average molecular weight is 346 g/mol. The van der Waals surface area contributed by atoms with Crippen molar-refractivity contribution in [1.82, 2.24) is 15.6 Å². The molecule has 1 fully saturated rings. The van der Waals surface area contributed by atoms with E-state index in [-0.39, 0.29) is 6.03 Å². The highest BCUT2D eigenvalue weighted by Gasteiger charge is 2.10. The van der Waals surface area contributed by atoms with E-state index in [0.29, 0.717) is 13.1 Å². The van der Waals surface area contributed by atoms with Gasteiger partial charge in [-0.1, -0.05) is 12.1 Å². The van der Waals surface area contributed by atoms with Crippen molar-refractivity contribution in [3.05, 3.63) is 45.9 Å². The molecule has 0 bridgehead atoms. The number of amides is 2. The molecule has 1 aromatic carbocycles. The molecular weight excluding hydrogens is 324 g/mol. The Morgan fingerprint density at radius 1 is 1.21 bits per heavy atom. The fourth-order valence-corrected chi connectivity index (χ4v) is 3.28. The standard InChI is InChI=1S/C17H22N4O2S/c1-13-18-11-16(24-13)12-20-17(22)19-10-14-2-4-15(5-3-14)21-6-8-23-9-7-21/h2-5,11H,6-10,12H2,1H3,(H2,19,20,22). The molecule has 0 saturated carbocycles. The molecule has 0 unspecified atom stereocenters. The quantitative estimate of drug-likeness (QED) is 0.872. The van der Waals surface area contributed by atoms with E-state index in [0.717, 1.165) is 41.8 Å². The van der Waals surface area contributed by atoms with Gasteiger partial charge in [0.15, 0.2) is 0 Å². The highest BCUT2D eigenvalue weighted by atomic mass is 32.1. The van der Waals surface area contributed by atoms with Crippen LogP contribution in [0.5, 0.6) is 0 Å². The molecule has 2 N–H and O–H groups in total. The predicted octanol–water partition coefficient (Wildman–Crippen LogP) is 2.29. The van der Waals surface area contributed by atoms with Crippen LogP contribution in [0.1, 0.15) is 15.4 Å². The van der Waals surface area contributed by atoms with Crippen LogP contribution in [-0.2, 0) is 17.8 Å². The number of anilines is 1. The second-order valence-electron chi connectivity index (χ2n) is 5.65. The maximum absolute atomic E-state index is 11.9. The number of thiazole rings is 1. The Labute approximate surface area is 145 Å². The number of morpholine rings is 1. The van der Waals surface area contributed by atoms with Gasteiger partial charge in [-0.15, -0.1) is 11.3 Å². The highest BCUT2D eigenvalue weighted by molar-refractivity contribution is 7.11. The van der Waals surface area contributed by atoms with Crippen LogP contribution < -0.4 is 15.5 Å². The summed E-state index contributed by atoms with van der Waals surface area (Å²) >= 11 is 1.59. The molecular formula is C17H22N4O2S. The first kappa shape index (κ1) is 16.7. The molecule has 128 valence electrons. The number of carbonyl (C=O) groups excluding carboxylic acids is 1. The number of ether oxygens (including phenoxy) is 1. The van der Waals surface area contributed by atoms with Crippen LogP contribution in [0.3, 0.4) is 0 Å². The van der Waals surface area contributed by atoms with Crippen molar-refractivity contribution in [2.75, 3.05) is 31.2 Å². The molecule has 0 spiro atoms. The minimum atomic E-state index is -0.168. The molecule has 0 atom stereocenters. The normalized spacial score (nSPS) is 14.5. The molecule has 1 aliphatic heterocycles. The molecule has 2 amide bonds. The van der Waals surface area contributed by atoms with Crippen molar-refractivity contribution in [1.29, 1.82) is 0 Å². The van der Waals surface area contributed by atoms with E-state index in [4.69, 9.17) is 4.74 Å². The number of nitrogens with one attached hydrogen (secondary N) is 2. The zero-order valence-corrected chi connectivity index (χ0v) is 14.6. The van der Waals surface area contributed by atoms with Gasteiger partial charge in [-0.2, -0.15) is 0 Å². The Kier molecular flexibility index (Phi) is 5.66. The molecule has 7 heteroatoms. The number of rotatable bonds is 5. The van der Waals surface area contributed by atoms with Gasteiger partial charge in [0.1, 0.15) is 0 Å². The van der Waals surface area contributed by atoms with Crippen molar-refractivity contribution in [3.8, 4) is 0 Å². The summed E-state index contributed by atoms with van der Waals surface area (Å²) < 4.78 is 5.37. The zero-order valence-electron chi connectivity index (χ0n) is 13.7. The van der Waals surface area contributed by atoms with Gasteiger partial charge in [0.05, 0.1) is 24.8 Å². The molecule has 2 heterocycles. The van der Waals surface area contributed by atoms with Gasteiger partial charge in [0.25, 0.3) is 0 Å². The largest absolute Gasteiger partial charge is 0.378 e. The lowest BCUT2D eigenvalue weighted by Gasteiger charge is -2.28.